The van der Waals surface area contributed by atoms with Gasteiger partial charge in [0.1, 0.15) is 23.9 Å². The molecular weight excluding hydrogens is 484 g/mol. The molecule has 3 rings (SSSR count). The Kier molecular flexibility index (Phi) is 11.3. The summed E-state index contributed by atoms with van der Waals surface area (Å²) < 4.78 is 5.51. The van der Waals surface area contributed by atoms with Gasteiger partial charge in [-0.25, -0.2) is 19.7 Å². The van der Waals surface area contributed by atoms with Crippen LogP contribution < -0.4 is 10.6 Å². The van der Waals surface area contributed by atoms with E-state index in [9.17, 15) is 14.7 Å². The van der Waals surface area contributed by atoms with Gasteiger partial charge >= 0.3 is 5.97 Å². The van der Waals surface area contributed by atoms with E-state index < -0.39 is 17.9 Å². The highest BCUT2D eigenvalue weighted by atomic mass is 35.5. The van der Waals surface area contributed by atoms with E-state index in [-0.39, 0.29) is 17.1 Å². The fourth-order valence-corrected chi connectivity index (χ4v) is 4.29. The zero-order chi connectivity index (χ0) is 25.8. The number of ether oxygens (including phenoxy) is 1. The average molecular weight is 519 g/mol. The number of rotatable bonds is 15. The molecule has 36 heavy (non-hydrogen) atoms. The van der Waals surface area contributed by atoms with Crippen molar-refractivity contribution in [3.63, 3.8) is 0 Å². The predicted octanol–water partition coefficient (Wildman–Crippen LogP) is 2.82. The van der Waals surface area contributed by atoms with Crippen molar-refractivity contribution in [1.29, 1.82) is 0 Å². The molecule has 0 saturated heterocycles. The van der Waals surface area contributed by atoms with Gasteiger partial charge in [-0.05, 0) is 63.6 Å². The number of unbranched alkanes of at least 4 members (excludes halogenated alkanes) is 1. The molecule has 1 aliphatic heterocycles. The van der Waals surface area contributed by atoms with E-state index in [0.29, 0.717) is 26.3 Å². The fraction of sp³-hybridized carbons (Fsp3) is 0.560. The second kappa shape index (κ2) is 14.7. The molecule has 0 bridgehead atoms. The Morgan fingerprint density at radius 2 is 2.14 bits per heavy atom. The number of carboxylic acids is 1. The molecule has 2 aromatic rings. The molecule has 2 aromatic heterocycles. The van der Waals surface area contributed by atoms with Crippen LogP contribution in [0.25, 0.3) is 0 Å². The molecule has 3 heterocycles. The fourth-order valence-electron chi connectivity index (χ4n) is 4.10. The number of halogens is 1. The number of hydrogen-bond acceptors (Lipinski definition) is 8. The van der Waals surface area contributed by atoms with Crippen molar-refractivity contribution in [2.45, 2.75) is 51.5 Å². The first kappa shape index (κ1) is 27.8. The standard InChI is InChI=1S/C25H35ClN6O4/c1-2-36-15-14-32(12-4-3-7-19-9-8-18-6-5-11-28-23(18)30-19)13-10-21(25(34)35)31-24(33)22-20(26)16-27-17-29-22/h8-9,16-17,21H,2-7,10-15H2,1H3,(H,28,30)(H,31,33)(H,34,35)/t21-/m0/s1. The van der Waals surface area contributed by atoms with Gasteiger partial charge in [-0.15, -0.1) is 0 Å². The molecule has 10 nitrogen and oxygen atoms in total. The number of nitrogens with one attached hydrogen (secondary N) is 2. The van der Waals surface area contributed by atoms with Gasteiger partial charge in [-0.3, -0.25) is 4.79 Å². The Morgan fingerprint density at radius 1 is 1.28 bits per heavy atom. The number of carboxylic acid groups (broad SMARTS) is 1. The third-order valence-corrected chi connectivity index (χ3v) is 6.36. The van der Waals surface area contributed by atoms with Crippen molar-refractivity contribution in [3.05, 3.63) is 46.6 Å². The van der Waals surface area contributed by atoms with Crippen molar-refractivity contribution in [3.8, 4) is 0 Å². The molecule has 0 unspecified atom stereocenters. The third-order valence-electron chi connectivity index (χ3n) is 6.09. The summed E-state index contributed by atoms with van der Waals surface area (Å²) >= 11 is 5.97. The summed E-state index contributed by atoms with van der Waals surface area (Å²) in [5.41, 5.74) is 2.33. The molecule has 0 aliphatic carbocycles. The van der Waals surface area contributed by atoms with Gasteiger partial charge in [0, 0.05) is 38.1 Å². The minimum absolute atomic E-state index is 0.0443. The maximum Gasteiger partial charge on any atom is 0.326 e. The first-order valence-electron chi connectivity index (χ1n) is 12.5. The monoisotopic (exact) mass is 518 g/mol. The van der Waals surface area contributed by atoms with Crippen LogP contribution in [0.2, 0.25) is 5.02 Å². The third kappa shape index (κ3) is 8.69. The smallest absolute Gasteiger partial charge is 0.326 e. The molecule has 0 spiro atoms. The lowest BCUT2D eigenvalue weighted by atomic mass is 10.1. The molecule has 1 amide bonds. The van der Waals surface area contributed by atoms with E-state index in [2.05, 4.69) is 37.6 Å². The lowest BCUT2D eigenvalue weighted by molar-refractivity contribution is -0.139. The van der Waals surface area contributed by atoms with Gasteiger partial charge in [0.05, 0.1) is 11.6 Å². The van der Waals surface area contributed by atoms with Crippen LogP contribution in [0.5, 0.6) is 0 Å². The zero-order valence-corrected chi connectivity index (χ0v) is 21.5. The van der Waals surface area contributed by atoms with Gasteiger partial charge in [0.2, 0.25) is 0 Å². The summed E-state index contributed by atoms with van der Waals surface area (Å²) in [6, 6.07) is 3.22. The number of pyridine rings is 1. The van der Waals surface area contributed by atoms with Crippen LogP contribution in [-0.2, 0) is 22.4 Å². The van der Waals surface area contributed by atoms with E-state index in [1.54, 1.807) is 0 Å². The number of amides is 1. The normalized spacial score (nSPS) is 13.6. The van der Waals surface area contributed by atoms with Crippen molar-refractivity contribution in [2.75, 3.05) is 44.7 Å². The Balaban J connectivity index is 1.49. The number of anilines is 1. The van der Waals surface area contributed by atoms with Gasteiger partial charge in [0.15, 0.2) is 0 Å². The summed E-state index contributed by atoms with van der Waals surface area (Å²) in [7, 11) is 0. The maximum atomic E-state index is 12.5. The predicted molar refractivity (Wildman–Crippen MR) is 137 cm³/mol. The first-order chi connectivity index (χ1) is 17.5. The number of aromatic nitrogens is 3. The van der Waals surface area contributed by atoms with Gasteiger partial charge in [-0.1, -0.05) is 17.7 Å². The van der Waals surface area contributed by atoms with Crippen LogP contribution in [0, 0.1) is 0 Å². The Hall–Kier alpha value is -2.82. The van der Waals surface area contributed by atoms with E-state index in [0.717, 1.165) is 56.7 Å². The molecule has 0 aromatic carbocycles. The second-order valence-electron chi connectivity index (χ2n) is 8.71. The highest BCUT2D eigenvalue weighted by molar-refractivity contribution is 6.33. The largest absolute Gasteiger partial charge is 0.480 e. The summed E-state index contributed by atoms with van der Waals surface area (Å²) in [6.45, 7) is 6.10. The van der Waals surface area contributed by atoms with Crippen LogP contribution >= 0.6 is 11.6 Å². The van der Waals surface area contributed by atoms with Crippen LogP contribution in [0.3, 0.4) is 0 Å². The quantitative estimate of drug-likeness (QED) is 0.305. The minimum atomic E-state index is -1.11. The second-order valence-corrected chi connectivity index (χ2v) is 9.12. The maximum absolute atomic E-state index is 12.5. The summed E-state index contributed by atoms with van der Waals surface area (Å²) in [5, 5.41) is 15.6. The topological polar surface area (TPSA) is 130 Å². The number of carbonyl (C=O) groups is 2. The molecule has 0 radical (unpaired) electrons. The SMILES string of the molecule is CCOCCN(CCCCc1ccc2c(n1)NCCC2)CC[C@H](NC(=O)c1ncncc1Cl)C(=O)O. The highest BCUT2D eigenvalue weighted by Crippen LogP contribution is 2.20. The van der Waals surface area contributed by atoms with Crippen molar-refractivity contribution < 1.29 is 19.4 Å². The molecule has 0 saturated carbocycles. The number of aryl methyl sites for hydroxylation is 2. The van der Waals surface area contributed by atoms with E-state index >= 15 is 0 Å². The molecule has 11 heteroatoms. The number of hydrogen-bond donors (Lipinski definition) is 3. The average Bonchev–Trinajstić information content (AvgIpc) is 2.88. The van der Waals surface area contributed by atoms with Crippen molar-refractivity contribution >= 4 is 29.3 Å². The van der Waals surface area contributed by atoms with Crippen molar-refractivity contribution in [1.82, 2.24) is 25.2 Å². The van der Waals surface area contributed by atoms with E-state index in [1.165, 1.54) is 18.1 Å². The van der Waals surface area contributed by atoms with Gasteiger partial charge in [0.25, 0.3) is 5.91 Å². The van der Waals surface area contributed by atoms with Gasteiger partial charge in [-0.2, -0.15) is 0 Å². The molecule has 1 atom stereocenters. The first-order valence-corrected chi connectivity index (χ1v) is 12.9. The number of carbonyl (C=O) groups excluding carboxylic acids is 1. The highest BCUT2D eigenvalue weighted by Gasteiger charge is 2.23. The van der Waals surface area contributed by atoms with Crippen LogP contribution in [-0.4, -0.2) is 82.3 Å². The van der Waals surface area contributed by atoms with E-state index in [1.807, 2.05) is 6.92 Å². The molecule has 1 aliphatic rings. The molecule has 3 N–H and O–H groups in total. The number of aliphatic carboxylic acids is 1. The van der Waals surface area contributed by atoms with Crippen LogP contribution in [0.4, 0.5) is 5.82 Å². The summed E-state index contributed by atoms with van der Waals surface area (Å²) in [4.78, 5) is 38.8. The molecular formula is C25H35ClN6O4. The lowest BCUT2D eigenvalue weighted by Crippen LogP contribution is -2.44. The molecule has 0 fully saturated rings. The molecule has 196 valence electrons. The Morgan fingerprint density at radius 3 is 2.92 bits per heavy atom. The zero-order valence-electron chi connectivity index (χ0n) is 20.7. The number of fused-ring (bicyclic) bond motifs is 1. The Bertz CT molecular complexity index is 1010. The Labute approximate surface area is 216 Å². The number of nitrogens with zero attached hydrogens (tertiary/aromatic N) is 4. The van der Waals surface area contributed by atoms with Gasteiger partial charge < -0.3 is 25.4 Å². The summed E-state index contributed by atoms with van der Waals surface area (Å²) in [5.74, 6) is -0.727. The minimum Gasteiger partial charge on any atom is -0.480 e. The van der Waals surface area contributed by atoms with E-state index in [4.69, 9.17) is 21.3 Å². The van der Waals surface area contributed by atoms with Crippen LogP contribution in [0.1, 0.15) is 54.4 Å². The van der Waals surface area contributed by atoms with Crippen molar-refractivity contribution in [2.24, 2.45) is 0 Å². The lowest BCUT2D eigenvalue weighted by Gasteiger charge is -2.24. The summed E-state index contributed by atoms with van der Waals surface area (Å²) in [6.07, 6.45) is 7.77. The van der Waals surface area contributed by atoms with Crippen LogP contribution in [0.15, 0.2) is 24.7 Å².